The van der Waals surface area contributed by atoms with Crippen molar-refractivity contribution in [2.24, 2.45) is 0 Å². The van der Waals surface area contributed by atoms with Gasteiger partial charge in [-0.15, -0.1) is 23.5 Å². The van der Waals surface area contributed by atoms with E-state index in [9.17, 15) is 0 Å². The molecule has 0 nitrogen and oxygen atoms in total. The minimum absolute atomic E-state index is 0.405. The summed E-state index contributed by atoms with van der Waals surface area (Å²) in [5.74, 6) is 2.28. The molecule has 0 radical (unpaired) electrons. The molecule has 2 aromatic carbocycles. The Morgan fingerprint density at radius 2 is 1.04 bits per heavy atom. The second kappa shape index (κ2) is 8.84. The minimum Gasteiger partial charge on any atom is -0.139 e. The van der Waals surface area contributed by atoms with Crippen molar-refractivity contribution in [2.75, 3.05) is 0 Å². The zero-order valence-corrected chi connectivity index (χ0v) is 15.4. The van der Waals surface area contributed by atoms with Crippen LogP contribution in [0, 0.1) is 0 Å². The predicted molar refractivity (Wildman–Crippen MR) is 106 cm³/mol. The summed E-state index contributed by atoms with van der Waals surface area (Å²) in [6.45, 7) is 0. The monoisotopic (exact) mass is 342 g/mol. The average Bonchev–Trinajstić information content (AvgIpc) is 2.86. The van der Waals surface area contributed by atoms with Crippen LogP contribution in [0.2, 0.25) is 0 Å². The van der Waals surface area contributed by atoms with E-state index in [2.05, 4.69) is 84.2 Å². The fourth-order valence-electron chi connectivity index (χ4n) is 3.18. The maximum atomic E-state index is 2.26. The highest BCUT2D eigenvalue weighted by molar-refractivity contribution is 8.17. The molecule has 3 rings (SSSR count). The SMILES string of the molecule is c1ccc(CSC2(SCc3ccccc3)CCCCCC2)cc1. The van der Waals surface area contributed by atoms with Gasteiger partial charge in [0.05, 0.1) is 4.08 Å². The molecule has 23 heavy (non-hydrogen) atoms. The summed E-state index contributed by atoms with van der Waals surface area (Å²) in [5.41, 5.74) is 2.92. The maximum absolute atomic E-state index is 2.26. The largest absolute Gasteiger partial charge is 0.139 e. The van der Waals surface area contributed by atoms with E-state index in [-0.39, 0.29) is 0 Å². The first-order chi connectivity index (χ1) is 11.4. The van der Waals surface area contributed by atoms with Crippen LogP contribution in [0.4, 0.5) is 0 Å². The summed E-state index contributed by atoms with van der Waals surface area (Å²) < 4.78 is 0.405. The summed E-state index contributed by atoms with van der Waals surface area (Å²) in [5, 5.41) is 0. The Hall–Kier alpha value is -0.860. The summed E-state index contributed by atoms with van der Waals surface area (Å²) >= 11 is 4.39. The fourth-order valence-corrected chi connectivity index (χ4v) is 6.26. The second-order valence-electron chi connectivity index (χ2n) is 6.37. The van der Waals surface area contributed by atoms with Gasteiger partial charge in [0.1, 0.15) is 0 Å². The van der Waals surface area contributed by atoms with E-state index < -0.39 is 0 Å². The van der Waals surface area contributed by atoms with Crippen LogP contribution in [0.1, 0.15) is 49.7 Å². The molecule has 1 saturated carbocycles. The lowest BCUT2D eigenvalue weighted by molar-refractivity contribution is 0.674. The van der Waals surface area contributed by atoms with Gasteiger partial charge >= 0.3 is 0 Å². The highest BCUT2D eigenvalue weighted by Gasteiger charge is 2.31. The number of thioether (sulfide) groups is 2. The van der Waals surface area contributed by atoms with Gasteiger partial charge in [-0.05, 0) is 24.0 Å². The number of hydrogen-bond donors (Lipinski definition) is 0. The molecule has 0 heterocycles. The molecule has 0 bridgehead atoms. The smallest absolute Gasteiger partial charge is 0.0617 e. The van der Waals surface area contributed by atoms with Crippen molar-refractivity contribution in [3.63, 3.8) is 0 Å². The molecule has 0 atom stereocenters. The van der Waals surface area contributed by atoms with Gasteiger partial charge in [0.15, 0.2) is 0 Å². The van der Waals surface area contributed by atoms with E-state index in [0.717, 1.165) is 11.5 Å². The van der Waals surface area contributed by atoms with Crippen LogP contribution in [-0.4, -0.2) is 4.08 Å². The molecule has 2 aromatic rings. The molecule has 0 saturated heterocycles. The first-order valence-electron chi connectivity index (χ1n) is 8.72. The van der Waals surface area contributed by atoms with Crippen molar-refractivity contribution in [1.29, 1.82) is 0 Å². The Balaban J connectivity index is 1.65. The lowest BCUT2D eigenvalue weighted by Crippen LogP contribution is -2.20. The van der Waals surface area contributed by atoms with Crippen LogP contribution in [0.15, 0.2) is 60.7 Å². The van der Waals surface area contributed by atoms with Crippen LogP contribution < -0.4 is 0 Å². The van der Waals surface area contributed by atoms with E-state index in [0.29, 0.717) is 4.08 Å². The molecule has 122 valence electrons. The number of benzene rings is 2. The Labute approximate surface area is 149 Å². The second-order valence-corrected chi connectivity index (χ2v) is 9.35. The van der Waals surface area contributed by atoms with Crippen molar-refractivity contribution in [3.8, 4) is 0 Å². The molecule has 0 aromatic heterocycles. The topological polar surface area (TPSA) is 0 Å². The van der Waals surface area contributed by atoms with Crippen molar-refractivity contribution >= 4 is 23.5 Å². The minimum atomic E-state index is 0.405. The van der Waals surface area contributed by atoms with Gasteiger partial charge in [-0.1, -0.05) is 86.3 Å². The highest BCUT2D eigenvalue weighted by Crippen LogP contribution is 2.49. The lowest BCUT2D eigenvalue weighted by atomic mass is 10.2. The van der Waals surface area contributed by atoms with E-state index in [4.69, 9.17) is 0 Å². The van der Waals surface area contributed by atoms with Crippen LogP contribution in [-0.2, 0) is 11.5 Å². The van der Waals surface area contributed by atoms with Crippen molar-refractivity contribution in [2.45, 2.75) is 54.1 Å². The van der Waals surface area contributed by atoms with Crippen LogP contribution in [0.25, 0.3) is 0 Å². The van der Waals surface area contributed by atoms with Gasteiger partial charge in [0.2, 0.25) is 0 Å². The summed E-state index contributed by atoms with van der Waals surface area (Å²) in [6.07, 6.45) is 8.34. The zero-order chi connectivity index (χ0) is 15.8. The molecule has 0 N–H and O–H groups in total. The first-order valence-corrected chi connectivity index (χ1v) is 10.7. The molecule has 1 aliphatic carbocycles. The molecule has 0 aliphatic heterocycles. The summed E-state index contributed by atoms with van der Waals surface area (Å²) in [7, 11) is 0. The summed E-state index contributed by atoms with van der Waals surface area (Å²) in [6, 6.07) is 21.9. The van der Waals surface area contributed by atoms with Gasteiger partial charge in [-0.3, -0.25) is 0 Å². The van der Waals surface area contributed by atoms with Crippen LogP contribution >= 0.6 is 23.5 Å². The third-order valence-electron chi connectivity index (χ3n) is 4.55. The molecule has 0 unspecified atom stereocenters. The van der Waals surface area contributed by atoms with Gasteiger partial charge in [-0.2, -0.15) is 0 Å². The third-order valence-corrected chi connectivity index (χ3v) is 8.09. The third kappa shape index (κ3) is 5.32. The van der Waals surface area contributed by atoms with Crippen molar-refractivity contribution in [1.82, 2.24) is 0 Å². The molecular formula is C21H26S2. The van der Waals surface area contributed by atoms with Gasteiger partial charge < -0.3 is 0 Å². The Morgan fingerprint density at radius 1 is 0.609 bits per heavy atom. The number of hydrogen-bond acceptors (Lipinski definition) is 2. The van der Waals surface area contributed by atoms with E-state index in [1.54, 1.807) is 0 Å². The first kappa shape index (κ1) is 17.0. The van der Waals surface area contributed by atoms with E-state index in [1.807, 2.05) is 0 Å². The van der Waals surface area contributed by atoms with Crippen molar-refractivity contribution < 1.29 is 0 Å². The normalized spacial score (nSPS) is 17.6. The van der Waals surface area contributed by atoms with Crippen molar-refractivity contribution in [3.05, 3.63) is 71.8 Å². The number of rotatable bonds is 6. The Bertz CT molecular complexity index is 511. The predicted octanol–water partition coefficient (Wildman–Crippen LogP) is 6.90. The van der Waals surface area contributed by atoms with Gasteiger partial charge in [0.25, 0.3) is 0 Å². The standard InChI is InChI=1S/C21H26S2/c1-2-10-16-21(15-9-1,22-17-19-11-5-3-6-12-19)23-18-20-13-7-4-8-14-20/h3-8,11-14H,1-2,9-10,15-18H2. The molecule has 1 aliphatic rings. The summed E-state index contributed by atoms with van der Waals surface area (Å²) in [4.78, 5) is 0. The zero-order valence-electron chi connectivity index (χ0n) is 13.7. The Morgan fingerprint density at radius 3 is 1.48 bits per heavy atom. The quantitative estimate of drug-likeness (QED) is 0.413. The Kier molecular flexibility index (Phi) is 6.53. The molecule has 2 heteroatoms. The molecule has 1 fully saturated rings. The van der Waals surface area contributed by atoms with Crippen LogP contribution in [0.3, 0.4) is 0 Å². The molecular weight excluding hydrogens is 316 g/mol. The average molecular weight is 343 g/mol. The highest BCUT2D eigenvalue weighted by atomic mass is 32.2. The van der Waals surface area contributed by atoms with Gasteiger partial charge in [-0.25, -0.2) is 0 Å². The van der Waals surface area contributed by atoms with E-state index >= 15 is 0 Å². The van der Waals surface area contributed by atoms with E-state index in [1.165, 1.54) is 49.7 Å². The molecule has 0 amide bonds. The lowest BCUT2D eigenvalue weighted by Gasteiger charge is -2.32. The van der Waals surface area contributed by atoms with Gasteiger partial charge in [0, 0.05) is 11.5 Å². The molecule has 0 spiro atoms. The maximum Gasteiger partial charge on any atom is 0.0617 e. The van der Waals surface area contributed by atoms with Crippen LogP contribution in [0.5, 0.6) is 0 Å². The fraction of sp³-hybridized carbons (Fsp3) is 0.429.